The molecule has 0 N–H and O–H groups in total. The molecule has 13 nitrogen and oxygen atoms in total. The lowest BCUT2D eigenvalue weighted by Gasteiger charge is -2.12. The number of nitrogens with zero attached hydrogens (tertiary/aromatic N) is 13. The maximum absolute atomic E-state index is 5.50. The minimum absolute atomic E-state index is 0.683. The second-order valence-electron chi connectivity index (χ2n) is 36.8. The Labute approximate surface area is 832 Å². The minimum atomic E-state index is 0.683. The van der Waals surface area contributed by atoms with Gasteiger partial charge in [0.15, 0.2) is 17.5 Å². The van der Waals surface area contributed by atoms with E-state index in [0.29, 0.717) is 17.5 Å². The van der Waals surface area contributed by atoms with Gasteiger partial charge < -0.3 is 18.3 Å². The van der Waals surface area contributed by atoms with Crippen molar-refractivity contribution in [3.63, 3.8) is 0 Å². The van der Waals surface area contributed by atoms with Gasteiger partial charge in [0.1, 0.15) is 16.9 Å². The fourth-order valence-corrected chi connectivity index (χ4v) is 22.2. The van der Waals surface area contributed by atoms with Gasteiger partial charge in [0.05, 0.1) is 93.9 Å². The van der Waals surface area contributed by atoms with E-state index in [-0.39, 0.29) is 0 Å². The maximum atomic E-state index is 5.50. The molecule has 0 aliphatic heterocycles. The number of aromatic nitrogens is 13. The molecule has 13 heteroatoms. The van der Waals surface area contributed by atoms with Gasteiger partial charge >= 0.3 is 0 Å². The zero-order valence-corrected chi connectivity index (χ0v) is 78.4. The Hall–Kier alpha value is -19.8. The molecule has 0 aliphatic rings. The Balaban J connectivity index is 0.000000107. The highest BCUT2D eigenvalue weighted by molar-refractivity contribution is 6.19. The fraction of sp³-hybridized carbons (Fsp3) is 0. The topological polar surface area (TPSA) is 112 Å². The third-order valence-electron chi connectivity index (χ3n) is 28.5. The van der Waals surface area contributed by atoms with Crippen LogP contribution in [0.4, 0.5) is 0 Å². The molecule has 0 atom stereocenters. The first-order valence-corrected chi connectivity index (χ1v) is 49.1. The van der Waals surface area contributed by atoms with Gasteiger partial charge in [-0.1, -0.05) is 340 Å². The van der Waals surface area contributed by atoms with Crippen molar-refractivity contribution < 1.29 is 0 Å². The summed E-state index contributed by atoms with van der Waals surface area (Å²) >= 11 is 0. The molecule has 0 saturated heterocycles. The van der Waals surface area contributed by atoms with Gasteiger partial charge in [-0.3, -0.25) is 13.7 Å². The van der Waals surface area contributed by atoms with Crippen molar-refractivity contribution in [2.75, 3.05) is 0 Å². The van der Waals surface area contributed by atoms with Crippen LogP contribution in [0.2, 0.25) is 0 Å². The fourth-order valence-electron chi connectivity index (χ4n) is 22.2. The highest BCUT2D eigenvalue weighted by atomic mass is 15.1. The molecule has 30 aromatic rings. The van der Waals surface area contributed by atoms with Crippen LogP contribution < -0.4 is 0 Å². The monoisotopic (exact) mass is 1850 g/mol. The number of hydrogen-bond donors (Lipinski definition) is 0. The van der Waals surface area contributed by atoms with Gasteiger partial charge in [-0.15, -0.1) is 0 Å². The van der Waals surface area contributed by atoms with Crippen molar-refractivity contribution in [2.45, 2.75) is 0 Å². The summed E-state index contributed by atoms with van der Waals surface area (Å²) in [5, 5.41) is 16.4. The molecule has 0 fully saturated rings. The molecule has 30 rings (SSSR count). The Morgan fingerprint density at radius 3 is 0.634 bits per heavy atom. The van der Waals surface area contributed by atoms with Crippen LogP contribution in [0.25, 0.3) is 261 Å². The van der Waals surface area contributed by atoms with Crippen LogP contribution in [0.5, 0.6) is 0 Å². The van der Waals surface area contributed by atoms with Crippen molar-refractivity contribution in [1.82, 2.24) is 61.9 Å². The van der Waals surface area contributed by atoms with Gasteiger partial charge in [0, 0.05) is 132 Å². The van der Waals surface area contributed by atoms with Gasteiger partial charge in [-0.05, 0) is 176 Å². The SMILES string of the molecule is c1ccc(-c2nc(-c3ccc(-n4c5ccccc5c5ccccc54)cc3)nc3c2c2ccccc2n3-c2ccccc2)cc1.c1ccc(-c2nc(-c3cccc(-n4c5ccccc5c5ccccc54)c3)nc3c2c2ccccc2n3-c2ccccc2)cc1.c1ccc(-n2c3ccccc3c3cc(-c4nc(-c5ccc(-n6c7ccccc7c7ccccc76)cc5)c5c6ccccc6n(-c6ccccc6)c5n4)ccc32)cc1. The van der Waals surface area contributed by atoms with Crippen LogP contribution in [-0.4, -0.2) is 61.9 Å². The van der Waals surface area contributed by atoms with Crippen molar-refractivity contribution in [3.05, 3.63) is 516 Å². The third-order valence-corrected chi connectivity index (χ3v) is 28.5. The summed E-state index contributed by atoms with van der Waals surface area (Å²) in [6, 6.07) is 182. The number of hydrogen-bond acceptors (Lipinski definition) is 6. The molecule has 20 aromatic carbocycles. The highest BCUT2D eigenvalue weighted by Gasteiger charge is 2.28. The van der Waals surface area contributed by atoms with Crippen LogP contribution in [-0.2, 0) is 0 Å². The molecule has 0 saturated carbocycles. The molecule has 0 radical (unpaired) electrons. The smallest absolute Gasteiger partial charge is 0.162 e. The summed E-state index contributed by atoms with van der Waals surface area (Å²) in [5.74, 6) is 2.08. The number of fused-ring (bicyclic) bond motifs is 21. The number of para-hydroxylation sites is 14. The predicted molar refractivity (Wildman–Crippen MR) is 599 cm³/mol. The lowest BCUT2D eigenvalue weighted by Crippen LogP contribution is -2.00. The molecule has 0 aliphatic carbocycles. The van der Waals surface area contributed by atoms with Crippen molar-refractivity contribution in [1.29, 1.82) is 0 Å². The molecular weight excluding hydrogens is 1770 g/mol. The summed E-state index contributed by atoms with van der Waals surface area (Å²) in [4.78, 5) is 32.2. The molecule has 0 amide bonds. The van der Waals surface area contributed by atoms with Crippen LogP contribution in [0.3, 0.4) is 0 Å². The normalized spacial score (nSPS) is 11.7. The number of benzene rings is 20. The summed E-state index contributed by atoms with van der Waals surface area (Å²) in [7, 11) is 0. The first-order chi connectivity index (χ1) is 72.0. The zero-order valence-electron chi connectivity index (χ0n) is 78.4. The van der Waals surface area contributed by atoms with E-state index in [9.17, 15) is 0 Å². The van der Waals surface area contributed by atoms with Crippen LogP contribution in [0.15, 0.2) is 516 Å². The van der Waals surface area contributed by atoms with Crippen LogP contribution in [0, 0.1) is 0 Å². The molecule has 145 heavy (non-hydrogen) atoms. The van der Waals surface area contributed by atoms with E-state index < -0.39 is 0 Å². The van der Waals surface area contributed by atoms with Gasteiger partial charge in [-0.25, -0.2) is 29.9 Å². The van der Waals surface area contributed by atoms with E-state index in [1.165, 1.54) is 76.3 Å². The molecule has 678 valence electrons. The predicted octanol–water partition coefficient (Wildman–Crippen LogP) is 33.1. The lowest BCUT2D eigenvalue weighted by atomic mass is 10.0. The van der Waals surface area contributed by atoms with Gasteiger partial charge in [0.2, 0.25) is 0 Å². The lowest BCUT2D eigenvalue weighted by molar-refractivity contribution is 1.11. The average Bonchev–Trinajstić information content (AvgIpc) is 1.57. The zero-order chi connectivity index (χ0) is 95.5. The standard InChI is InChI=1S/C52H33N5.2C40H26N4/c1-3-15-36(16-4-1)55-46-25-13-9-21-41(46)43-33-35(29-32-48(43)55)51-53-50(49-42-22-10-14-26-47(42)57(52(49)54-51)37-17-5-2-6-18-37)34-27-30-38(31-28-34)56-44-23-11-7-19-39(44)40-20-8-12-24-45(40)56;1-3-14-27(15-4-1)38-37-33-22-9-12-25-36(33)44(29-17-5-2-6-18-29)40(37)42-39(41-38)28-16-13-19-30(26-28)43-34-23-10-7-20-31(34)32-21-8-11-24-35(32)43;1-3-13-27(14-4-1)38-37-33-19-9-12-22-36(33)44(29-15-5-2-6-16-29)40(37)42-39(41-38)28-23-25-30(26-24-28)43-34-20-10-7-17-31(34)32-18-8-11-21-35(32)43/h1-33H;2*1-26H. The van der Waals surface area contributed by atoms with Crippen LogP contribution in [0.1, 0.15) is 0 Å². The Morgan fingerprint density at radius 2 is 0.317 bits per heavy atom. The second-order valence-corrected chi connectivity index (χ2v) is 36.8. The van der Waals surface area contributed by atoms with E-state index >= 15 is 0 Å². The summed E-state index contributed by atoms with van der Waals surface area (Å²) in [5.41, 5.74) is 31.9. The second kappa shape index (κ2) is 34.7. The first kappa shape index (κ1) is 83.4. The third kappa shape index (κ3) is 13.9. The first-order valence-electron chi connectivity index (χ1n) is 49.1. The Morgan fingerprint density at radius 1 is 0.117 bits per heavy atom. The summed E-state index contributed by atoms with van der Waals surface area (Å²) < 4.78 is 16.2. The van der Waals surface area contributed by atoms with E-state index in [4.69, 9.17) is 29.9 Å². The maximum Gasteiger partial charge on any atom is 0.162 e. The van der Waals surface area contributed by atoms with E-state index in [2.05, 4.69) is 523 Å². The highest BCUT2D eigenvalue weighted by Crippen LogP contribution is 2.47. The summed E-state index contributed by atoms with van der Waals surface area (Å²) in [6.07, 6.45) is 0. The van der Waals surface area contributed by atoms with Gasteiger partial charge in [0.25, 0.3) is 0 Å². The quantitative estimate of drug-likeness (QED) is 0.114. The number of rotatable bonds is 13. The molecule has 0 spiro atoms. The average molecular weight is 1850 g/mol. The van der Waals surface area contributed by atoms with Crippen molar-refractivity contribution >= 4 is 153 Å². The summed E-state index contributed by atoms with van der Waals surface area (Å²) in [6.45, 7) is 0. The minimum Gasteiger partial charge on any atom is -0.309 e. The molecular formula is C132H85N13. The van der Waals surface area contributed by atoms with E-state index in [0.717, 1.165) is 167 Å². The molecule has 0 unspecified atom stereocenters. The van der Waals surface area contributed by atoms with Crippen LogP contribution >= 0.6 is 0 Å². The Bertz CT molecular complexity index is 10200. The molecule has 10 heterocycles. The Kier molecular flexibility index (Phi) is 20.0. The van der Waals surface area contributed by atoms with E-state index in [1.54, 1.807) is 0 Å². The van der Waals surface area contributed by atoms with E-state index in [1.807, 2.05) is 24.3 Å². The molecule has 0 bridgehead atoms. The van der Waals surface area contributed by atoms with Crippen molar-refractivity contribution in [2.24, 2.45) is 0 Å². The largest absolute Gasteiger partial charge is 0.309 e. The van der Waals surface area contributed by atoms with Gasteiger partial charge in [-0.2, -0.15) is 0 Å². The van der Waals surface area contributed by atoms with Crippen molar-refractivity contribution in [3.8, 4) is 108 Å². The molecule has 10 aromatic heterocycles.